The van der Waals surface area contributed by atoms with E-state index in [-0.39, 0.29) is 5.91 Å². The molecule has 2 aromatic rings. The van der Waals surface area contributed by atoms with E-state index >= 15 is 0 Å². The van der Waals surface area contributed by atoms with Crippen LogP contribution in [0.25, 0.3) is 0 Å². The lowest BCUT2D eigenvalue weighted by molar-refractivity contribution is -0.117. The van der Waals surface area contributed by atoms with Gasteiger partial charge in [0.2, 0.25) is 5.91 Å². The summed E-state index contributed by atoms with van der Waals surface area (Å²) in [6.45, 7) is 3.00. The number of ether oxygens (including phenoxy) is 2. The Bertz CT molecular complexity index is 946. The van der Waals surface area contributed by atoms with Gasteiger partial charge in [-0.2, -0.15) is 0 Å². The normalized spacial score (nSPS) is 16.0. The molecule has 1 fully saturated rings. The van der Waals surface area contributed by atoms with Crippen LogP contribution in [0.15, 0.2) is 41.4 Å². The van der Waals surface area contributed by atoms with Gasteiger partial charge < -0.3 is 25.0 Å². The van der Waals surface area contributed by atoms with Crippen molar-refractivity contribution in [2.75, 3.05) is 31.7 Å². The maximum absolute atomic E-state index is 11.9. The van der Waals surface area contributed by atoms with Crippen LogP contribution in [-0.2, 0) is 17.9 Å². The van der Waals surface area contributed by atoms with Gasteiger partial charge in [-0.3, -0.25) is 9.79 Å². The SMILES string of the molecule is CN=C(NCc1ccc(N2CCCC2=O)cc1)NCc1cc(Cl)c2c(c1)OCCO2. The van der Waals surface area contributed by atoms with Gasteiger partial charge in [-0.15, -0.1) is 0 Å². The molecule has 0 unspecified atom stereocenters. The van der Waals surface area contributed by atoms with E-state index in [0.29, 0.717) is 55.2 Å². The van der Waals surface area contributed by atoms with Gasteiger partial charge in [-0.1, -0.05) is 23.7 Å². The van der Waals surface area contributed by atoms with E-state index in [1.165, 1.54) is 0 Å². The quantitative estimate of drug-likeness (QED) is 0.565. The molecule has 0 spiro atoms. The molecule has 0 radical (unpaired) electrons. The van der Waals surface area contributed by atoms with E-state index in [9.17, 15) is 4.79 Å². The number of nitrogens with zero attached hydrogens (tertiary/aromatic N) is 2. The molecule has 0 bridgehead atoms. The molecule has 1 saturated heterocycles. The molecular formula is C22H25ClN4O3. The second-order valence-electron chi connectivity index (χ2n) is 7.20. The van der Waals surface area contributed by atoms with E-state index in [1.807, 2.05) is 41.3 Å². The topological polar surface area (TPSA) is 75.2 Å². The summed E-state index contributed by atoms with van der Waals surface area (Å²) < 4.78 is 11.2. The molecule has 2 aliphatic rings. The number of amides is 1. The average molecular weight is 429 g/mol. The molecule has 2 aliphatic heterocycles. The minimum absolute atomic E-state index is 0.199. The fourth-order valence-electron chi connectivity index (χ4n) is 3.57. The first kappa shape index (κ1) is 20.3. The molecule has 4 rings (SSSR count). The van der Waals surface area contributed by atoms with Crippen molar-refractivity contribution in [2.45, 2.75) is 25.9 Å². The number of halogens is 1. The monoisotopic (exact) mass is 428 g/mol. The zero-order valence-electron chi connectivity index (χ0n) is 16.9. The minimum atomic E-state index is 0.199. The zero-order chi connectivity index (χ0) is 20.9. The van der Waals surface area contributed by atoms with Gasteiger partial charge in [0.25, 0.3) is 0 Å². The van der Waals surface area contributed by atoms with Crippen LogP contribution in [0.4, 0.5) is 5.69 Å². The van der Waals surface area contributed by atoms with Gasteiger partial charge in [0, 0.05) is 38.8 Å². The Hall–Kier alpha value is -2.93. The molecule has 8 heteroatoms. The molecule has 30 heavy (non-hydrogen) atoms. The van der Waals surface area contributed by atoms with Crippen molar-refractivity contribution in [3.8, 4) is 11.5 Å². The highest BCUT2D eigenvalue weighted by molar-refractivity contribution is 6.32. The van der Waals surface area contributed by atoms with Crippen LogP contribution in [0.5, 0.6) is 11.5 Å². The fraction of sp³-hybridized carbons (Fsp3) is 0.364. The molecule has 0 atom stereocenters. The van der Waals surface area contributed by atoms with Gasteiger partial charge in [-0.25, -0.2) is 0 Å². The molecule has 158 valence electrons. The Morgan fingerprint density at radius 3 is 2.53 bits per heavy atom. The first-order valence-corrected chi connectivity index (χ1v) is 10.4. The smallest absolute Gasteiger partial charge is 0.227 e. The molecule has 1 amide bonds. The molecule has 7 nitrogen and oxygen atoms in total. The highest BCUT2D eigenvalue weighted by Crippen LogP contribution is 2.38. The predicted octanol–water partition coefficient (Wildman–Crippen LogP) is 3.10. The van der Waals surface area contributed by atoms with Crippen molar-refractivity contribution in [1.29, 1.82) is 0 Å². The Morgan fingerprint density at radius 2 is 1.83 bits per heavy atom. The number of benzene rings is 2. The average Bonchev–Trinajstić information content (AvgIpc) is 3.20. The van der Waals surface area contributed by atoms with Crippen LogP contribution < -0.4 is 25.0 Å². The van der Waals surface area contributed by atoms with Crippen LogP contribution in [0.2, 0.25) is 5.02 Å². The van der Waals surface area contributed by atoms with Crippen molar-refractivity contribution in [3.63, 3.8) is 0 Å². The number of guanidine groups is 1. The summed E-state index contributed by atoms with van der Waals surface area (Å²) in [5, 5.41) is 7.13. The van der Waals surface area contributed by atoms with E-state index in [1.54, 1.807) is 7.05 Å². The van der Waals surface area contributed by atoms with Crippen molar-refractivity contribution in [3.05, 3.63) is 52.5 Å². The van der Waals surface area contributed by atoms with Gasteiger partial charge in [-0.05, 0) is 41.8 Å². The van der Waals surface area contributed by atoms with E-state index < -0.39 is 0 Å². The second-order valence-corrected chi connectivity index (χ2v) is 7.60. The zero-order valence-corrected chi connectivity index (χ0v) is 17.7. The maximum atomic E-state index is 11.9. The number of aliphatic imine (C=N–C) groups is 1. The maximum Gasteiger partial charge on any atom is 0.227 e. The third kappa shape index (κ3) is 4.62. The van der Waals surface area contributed by atoms with Crippen molar-refractivity contribution >= 4 is 29.2 Å². The Morgan fingerprint density at radius 1 is 1.10 bits per heavy atom. The minimum Gasteiger partial charge on any atom is -0.486 e. The predicted molar refractivity (Wildman–Crippen MR) is 118 cm³/mol. The van der Waals surface area contributed by atoms with Crippen molar-refractivity contribution < 1.29 is 14.3 Å². The third-order valence-corrected chi connectivity index (χ3v) is 5.40. The molecule has 2 N–H and O–H groups in total. The summed E-state index contributed by atoms with van der Waals surface area (Å²) in [6, 6.07) is 11.8. The lowest BCUT2D eigenvalue weighted by Crippen LogP contribution is -2.36. The van der Waals surface area contributed by atoms with Gasteiger partial charge in [0.05, 0.1) is 5.02 Å². The summed E-state index contributed by atoms with van der Waals surface area (Å²) in [6.07, 6.45) is 1.57. The van der Waals surface area contributed by atoms with Crippen LogP contribution in [0, 0.1) is 0 Å². The van der Waals surface area contributed by atoms with Crippen LogP contribution in [0.3, 0.4) is 0 Å². The summed E-state index contributed by atoms with van der Waals surface area (Å²) in [7, 11) is 1.73. The second kappa shape index (κ2) is 9.26. The summed E-state index contributed by atoms with van der Waals surface area (Å²) in [5.41, 5.74) is 3.04. The highest BCUT2D eigenvalue weighted by atomic mass is 35.5. The fourth-order valence-corrected chi connectivity index (χ4v) is 3.86. The van der Waals surface area contributed by atoms with Crippen LogP contribution in [0.1, 0.15) is 24.0 Å². The third-order valence-electron chi connectivity index (χ3n) is 5.12. The summed E-state index contributed by atoms with van der Waals surface area (Å²) in [5.74, 6) is 2.16. The molecule has 2 aromatic carbocycles. The first-order chi connectivity index (χ1) is 14.6. The van der Waals surface area contributed by atoms with Crippen molar-refractivity contribution in [2.24, 2.45) is 4.99 Å². The van der Waals surface area contributed by atoms with E-state index in [4.69, 9.17) is 21.1 Å². The highest BCUT2D eigenvalue weighted by Gasteiger charge is 2.21. The van der Waals surface area contributed by atoms with Crippen LogP contribution >= 0.6 is 11.6 Å². The Balaban J connectivity index is 1.31. The number of hydrogen-bond donors (Lipinski definition) is 2. The number of carbonyl (C=O) groups is 1. The Kier molecular flexibility index (Phi) is 6.28. The molecular weight excluding hydrogens is 404 g/mol. The molecule has 2 heterocycles. The molecule has 0 aromatic heterocycles. The summed E-state index contributed by atoms with van der Waals surface area (Å²) in [4.78, 5) is 18.0. The number of rotatable bonds is 5. The summed E-state index contributed by atoms with van der Waals surface area (Å²) >= 11 is 6.30. The van der Waals surface area contributed by atoms with Gasteiger partial charge in [0.15, 0.2) is 17.5 Å². The largest absolute Gasteiger partial charge is 0.486 e. The van der Waals surface area contributed by atoms with Gasteiger partial charge in [0.1, 0.15) is 13.2 Å². The number of anilines is 1. The van der Waals surface area contributed by atoms with Gasteiger partial charge >= 0.3 is 0 Å². The molecule has 0 aliphatic carbocycles. The number of fused-ring (bicyclic) bond motifs is 1. The Labute approximate surface area is 181 Å². The number of carbonyl (C=O) groups excluding carboxylic acids is 1. The van der Waals surface area contributed by atoms with E-state index in [2.05, 4.69) is 15.6 Å². The number of hydrogen-bond acceptors (Lipinski definition) is 4. The first-order valence-electron chi connectivity index (χ1n) is 10.1. The van der Waals surface area contributed by atoms with Crippen LogP contribution in [-0.4, -0.2) is 38.7 Å². The van der Waals surface area contributed by atoms with Crippen molar-refractivity contribution in [1.82, 2.24) is 10.6 Å². The van der Waals surface area contributed by atoms with E-state index in [0.717, 1.165) is 29.8 Å². The lowest BCUT2D eigenvalue weighted by Gasteiger charge is -2.20. The lowest BCUT2D eigenvalue weighted by atomic mass is 10.2. The molecule has 0 saturated carbocycles. The standard InChI is InChI=1S/C22H25ClN4O3/c1-24-22(26-14-16-11-18(23)21-19(12-16)29-9-10-30-21)25-13-15-4-6-17(7-5-15)27-8-2-3-20(27)28/h4-7,11-12H,2-3,8-10,13-14H2,1H3,(H2,24,25,26). The number of nitrogens with one attached hydrogen (secondary N) is 2.